The average Bonchev–Trinajstić information content (AvgIpc) is 1.97. The quantitative estimate of drug-likeness (QED) is 0.638. The fourth-order valence-electron chi connectivity index (χ4n) is 0.902. The van der Waals surface area contributed by atoms with E-state index in [2.05, 4.69) is 6.58 Å². The molecule has 0 aliphatic carbocycles. The maximum atomic E-state index is 11.4. The zero-order valence-corrected chi connectivity index (χ0v) is 8.33. The van der Waals surface area contributed by atoms with E-state index in [1.54, 1.807) is 6.92 Å². The number of rotatable bonds is 4. The van der Waals surface area contributed by atoms with Crippen LogP contribution in [-0.4, -0.2) is 29.3 Å². The van der Waals surface area contributed by atoms with Crippen molar-refractivity contribution in [3.8, 4) is 0 Å². The third-order valence-electron chi connectivity index (χ3n) is 1.58. The molecule has 0 atom stereocenters. The van der Waals surface area contributed by atoms with Gasteiger partial charge in [0.1, 0.15) is 0 Å². The van der Waals surface area contributed by atoms with Crippen molar-refractivity contribution >= 4 is 11.8 Å². The van der Waals surface area contributed by atoms with Crippen LogP contribution in [0.3, 0.4) is 0 Å². The Kier molecular flexibility index (Phi) is 4.17. The Labute approximate surface area is 78.4 Å². The Bertz CT molecular complexity index is 234. The van der Waals surface area contributed by atoms with E-state index in [-0.39, 0.29) is 18.5 Å². The molecule has 0 fully saturated rings. The van der Waals surface area contributed by atoms with E-state index >= 15 is 0 Å². The molecule has 0 radical (unpaired) electrons. The second-order valence-electron chi connectivity index (χ2n) is 3.27. The summed E-state index contributed by atoms with van der Waals surface area (Å²) >= 11 is 0. The molecule has 0 spiro atoms. The summed E-state index contributed by atoms with van der Waals surface area (Å²) in [5.74, 6) is -0.739. The predicted molar refractivity (Wildman–Crippen MR) is 50.9 cm³/mol. The van der Waals surface area contributed by atoms with Crippen molar-refractivity contribution in [1.29, 1.82) is 0 Å². The second kappa shape index (κ2) is 4.64. The molecule has 0 bridgehead atoms. The molecule has 0 rings (SSSR count). The number of carbonyl (C=O) groups is 2. The van der Waals surface area contributed by atoms with Gasteiger partial charge in [-0.1, -0.05) is 6.58 Å². The van der Waals surface area contributed by atoms with E-state index in [1.165, 1.54) is 4.90 Å². The van der Waals surface area contributed by atoms with Crippen LogP contribution in [0.5, 0.6) is 0 Å². The first-order chi connectivity index (χ1) is 5.86. The van der Waals surface area contributed by atoms with Crippen LogP contribution in [0.4, 0.5) is 0 Å². The van der Waals surface area contributed by atoms with Gasteiger partial charge in [-0.15, -0.1) is 0 Å². The summed E-state index contributed by atoms with van der Waals surface area (Å²) in [7, 11) is 0. The summed E-state index contributed by atoms with van der Waals surface area (Å²) in [6.45, 7) is 8.73. The van der Waals surface area contributed by atoms with Gasteiger partial charge >= 0.3 is 0 Å². The van der Waals surface area contributed by atoms with E-state index in [4.69, 9.17) is 5.73 Å². The molecular formula is C9H16N2O2. The van der Waals surface area contributed by atoms with Crippen molar-refractivity contribution in [2.75, 3.05) is 6.54 Å². The molecule has 4 nitrogen and oxygen atoms in total. The summed E-state index contributed by atoms with van der Waals surface area (Å²) in [5, 5.41) is 0. The van der Waals surface area contributed by atoms with E-state index in [0.717, 1.165) is 0 Å². The van der Waals surface area contributed by atoms with Gasteiger partial charge in [0.25, 0.3) is 0 Å². The van der Waals surface area contributed by atoms with Gasteiger partial charge in [-0.3, -0.25) is 9.59 Å². The molecular weight excluding hydrogens is 168 g/mol. The summed E-state index contributed by atoms with van der Waals surface area (Å²) < 4.78 is 0. The number of nitrogens with two attached hydrogens (primary N) is 1. The summed E-state index contributed by atoms with van der Waals surface area (Å²) in [4.78, 5) is 23.5. The largest absolute Gasteiger partial charge is 0.368 e. The maximum Gasteiger partial charge on any atom is 0.249 e. The average molecular weight is 184 g/mol. The van der Waals surface area contributed by atoms with Crippen LogP contribution in [-0.2, 0) is 9.59 Å². The molecule has 0 aliphatic rings. The molecule has 0 aromatic carbocycles. The Hall–Kier alpha value is -1.32. The molecule has 13 heavy (non-hydrogen) atoms. The first kappa shape index (κ1) is 11.7. The summed E-state index contributed by atoms with van der Waals surface area (Å²) in [6.07, 6.45) is 0. The van der Waals surface area contributed by atoms with Gasteiger partial charge < -0.3 is 10.6 Å². The van der Waals surface area contributed by atoms with Gasteiger partial charge in [0.05, 0.1) is 6.54 Å². The molecule has 0 aliphatic heterocycles. The number of primary amides is 1. The van der Waals surface area contributed by atoms with Gasteiger partial charge in [-0.2, -0.15) is 0 Å². The van der Waals surface area contributed by atoms with Crippen molar-refractivity contribution < 1.29 is 9.59 Å². The molecule has 0 unspecified atom stereocenters. The van der Waals surface area contributed by atoms with Crippen LogP contribution in [0.25, 0.3) is 0 Å². The van der Waals surface area contributed by atoms with Crippen LogP contribution in [0, 0.1) is 0 Å². The lowest BCUT2D eigenvalue weighted by molar-refractivity contribution is -0.133. The van der Waals surface area contributed by atoms with Gasteiger partial charge in [0.15, 0.2) is 0 Å². The minimum Gasteiger partial charge on any atom is -0.368 e. The Morgan fingerprint density at radius 3 is 2.15 bits per heavy atom. The molecule has 0 saturated carbocycles. The summed E-state index contributed by atoms with van der Waals surface area (Å²) in [6, 6.07) is -0.0447. The highest BCUT2D eigenvalue weighted by molar-refractivity contribution is 5.94. The highest BCUT2D eigenvalue weighted by atomic mass is 16.2. The van der Waals surface area contributed by atoms with Crippen LogP contribution in [0.1, 0.15) is 20.8 Å². The minimum atomic E-state index is -0.511. The molecule has 2 amide bonds. The van der Waals surface area contributed by atoms with Crippen molar-refractivity contribution in [1.82, 2.24) is 4.90 Å². The van der Waals surface area contributed by atoms with E-state index in [0.29, 0.717) is 5.57 Å². The zero-order chi connectivity index (χ0) is 10.6. The normalized spacial score (nSPS) is 9.85. The predicted octanol–water partition coefficient (Wildman–Crippen LogP) is 0.285. The number of hydrogen-bond acceptors (Lipinski definition) is 2. The minimum absolute atomic E-state index is 0.0447. The second-order valence-corrected chi connectivity index (χ2v) is 3.27. The molecule has 0 aromatic heterocycles. The fourth-order valence-corrected chi connectivity index (χ4v) is 0.902. The number of carbonyl (C=O) groups excluding carboxylic acids is 2. The fraction of sp³-hybridized carbons (Fsp3) is 0.556. The smallest absolute Gasteiger partial charge is 0.249 e. The lowest BCUT2D eigenvalue weighted by atomic mass is 10.2. The van der Waals surface area contributed by atoms with Crippen LogP contribution in [0.2, 0.25) is 0 Å². The maximum absolute atomic E-state index is 11.4. The lowest BCUT2D eigenvalue weighted by Crippen LogP contribution is -2.42. The first-order valence-corrected chi connectivity index (χ1v) is 4.11. The highest BCUT2D eigenvalue weighted by Gasteiger charge is 2.18. The molecule has 0 heterocycles. The number of amides is 2. The van der Waals surface area contributed by atoms with Gasteiger partial charge in [-0.05, 0) is 20.8 Å². The SMILES string of the molecule is C=C(C)C(=O)N(CC(N)=O)C(C)C. The van der Waals surface area contributed by atoms with Crippen molar-refractivity contribution in [2.24, 2.45) is 5.73 Å². The molecule has 4 heteroatoms. The lowest BCUT2D eigenvalue weighted by Gasteiger charge is -2.25. The van der Waals surface area contributed by atoms with E-state index in [9.17, 15) is 9.59 Å². The standard InChI is InChI=1S/C9H16N2O2/c1-6(2)9(13)11(7(3)4)5-8(10)12/h7H,1,5H2,2-4H3,(H2,10,12). The molecule has 2 N–H and O–H groups in total. The molecule has 0 saturated heterocycles. The van der Waals surface area contributed by atoms with E-state index in [1.807, 2.05) is 13.8 Å². The van der Waals surface area contributed by atoms with Crippen LogP contribution >= 0.6 is 0 Å². The van der Waals surface area contributed by atoms with Crippen LogP contribution in [0.15, 0.2) is 12.2 Å². The number of hydrogen-bond donors (Lipinski definition) is 1. The van der Waals surface area contributed by atoms with E-state index < -0.39 is 5.91 Å². The third-order valence-corrected chi connectivity index (χ3v) is 1.58. The van der Waals surface area contributed by atoms with Gasteiger partial charge in [-0.25, -0.2) is 0 Å². The van der Waals surface area contributed by atoms with Crippen LogP contribution < -0.4 is 5.73 Å². The van der Waals surface area contributed by atoms with Gasteiger partial charge in [0.2, 0.25) is 11.8 Å². The molecule has 0 aromatic rings. The van der Waals surface area contributed by atoms with Crippen molar-refractivity contribution in [2.45, 2.75) is 26.8 Å². The van der Waals surface area contributed by atoms with Crippen molar-refractivity contribution in [3.63, 3.8) is 0 Å². The third kappa shape index (κ3) is 3.73. The Balaban J connectivity index is 4.51. The number of nitrogens with zero attached hydrogens (tertiary/aromatic N) is 1. The van der Waals surface area contributed by atoms with Crippen molar-refractivity contribution in [3.05, 3.63) is 12.2 Å². The molecule has 74 valence electrons. The Morgan fingerprint density at radius 2 is 1.92 bits per heavy atom. The topological polar surface area (TPSA) is 63.4 Å². The zero-order valence-electron chi connectivity index (χ0n) is 8.33. The Morgan fingerprint density at radius 1 is 1.46 bits per heavy atom. The monoisotopic (exact) mass is 184 g/mol. The van der Waals surface area contributed by atoms with Gasteiger partial charge in [0, 0.05) is 11.6 Å². The highest BCUT2D eigenvalue weighted by Crippen LogP contribution is 2.03. The summed E-state index contributed by atoms with van der Waals surface area (Å²) in [5.41, 5.74) is 5.42. The first-order valence-electron chi connectivity index (χ1n) is 4.11.